The highest BCUT2D eigenvalue weighted by atomic mass is 32.2. The van der Waals surface area contributed by atoms with Gasteiger partial charge in [-0.15, -0.1) is 11.8 Å². The summed E-state index contributed by atoms with van der Waals surface area (Å²) in [6.07, 6.45) is 0. The molecule has 0 aliphatic carbocycles. The zero-order chi connectivity index (χ0) is 2.99. The van der Waals surface area contributed by atoms with Gasteiger partial charge in [0.1, 0.15) is 0 Å². The first-order valence-electron chi connectivity index (χ1n) is 1.19. The Hall–Kier alpha value is 0.700. The van der Waals surface area contributed by atoms with Crippen LogP contribution in [0.3, 0.4) is 0 Å². The van der Waals surface area contributed by atoms with Crippen molar-refractivity contribution in [3.8, 4) is 0 Å². The van der Waals surface area contributed by atoms with Gasteiger partial charge < -0.3 is 0 Å². The van der Waals surface area contributed by atoms with Crippen LogP contribution in [0.4, 0.5) is 0 Å². The van der Waals surface area contributed by atoms with Gasteiger partial charge in [-0.1, -0.05) is 0 Å². The minimum absolute atomic E-state index is 0.694. The predicted octanol–water partition coefficient (Wildman–Crippen LogP) is 0.989. The molecule has 0 amide bonds. The minimum atomic E-state index is 0.694. The van der Waals surface area contributed by atoms with E-state index >= 15 is 0 Å². The zero-order valence-electron chi connectivity index (χ0n) is 2.14. The van der Waals surface area contributed by atoms with Gasteiger partial charge in [-0.2, -0.15) is 12.6 Å². The van der Waals surface area contributed by atoms with E-state index in [-0.39, 0.29) is 0 Å². The summed E-state index contributed by atoms with van der Waals surface area (Å²) >= 11 is 5.93. The van der Waals surface area contributed by atoms with E-state index in [0.29, 0.717) is 4.58 Å². The molecular weight excluding hydrogens is 88.2 g/mol. The molecule has 0 spiro atoms. The third-order valence-electron chi connectivity index (χ3n) is 0.316. The molecular formula is C2H4S2. The normalized spacial score (nSPS) is 39.8. The van der Waals surface area contributed by atoms with Crippen molar-refractivity contribution in [2.24, 2.45) is 0 Å². The van der Waals surface area contributed by atoms with Gasteiger partial charge in [0.25, 0.3) is 0 Å². The van der Waals surface area contributed by atoms with E-state index in [1.807, 2.05) is 11.8 Å². The number of thiol groups is 1. The molecule has 4 heavy (non-hydrogen) atoms. The average Bonchev–Trinajstić information content (AvgIpc) is 1.75. The highest BCUT2D eigenvalue weighted by Crippen LogP contribution is 2.32. The van der Waals surface area contributed by atoms with Crippen molar-refractivity contribution in [2.45, 2.75) is 4.58 Å². The maximum Gasteiger partial charge on any atom is 0.0563 e. The molecule has 2 heteroatoms. The Kier molecular flexibility index (Phi) is 0.605. The lowest BCUT2D eigenvalue weighted by molar-refractivity contribution is 1.65. The minimum Gasteiger partial charge on any atom is -0.164 e. The van der Waals surface area contributed by atoms with Crippen LogP contribution in [0, 0.1) is 0 Å². The second-order valence-electron chi connectivity index (χ2n) is 0.788. The first-order valence-corrected chi connectivity index (χ1v) is 2.76. The van der Waals surface area contributed by atoms with Gasteiger partial charge in [-0.05, 0) is 0 Å². The highest BCUT2D eigenvalue weighted by Gasteiger charge is 2.15. The van der Waals surface area contributed by atoms with Gasteiger partial charge in [0.2, 0.25) is 0 Å². The van der Waals surface area contributed by atoms with Gasteiger partial charge in [0, 0.05) is 5.75 Å². The van der Waals surface area contributed by atoms with Gasteiger partial charge in [0.15, 0.2) is 0 Å². The van der Waals surface area contributed by atoms with Crippen molar-refractivity contribution in [1.29, 1.82) is 0 Å². The number of rotatable bonds is 0. The topological polar surface area (TPSA) is 0 Å². The van der Waals surface area contributed by atoms with Gasteiger partial charge in [-0.3, -0.25) is 0 Å². The molecule has 1 aliphatic heterocycles. The van der Waals surface area contributed by atoms with Crippen LogP contribution in [0.1, 0.15) is 0 Å². The van der Waals surface area contributed by atoms with Crippen LogP contribution < -0.4 is 0 Å². The van der Waals surface area contributed by atoms with Crippen LogP contribution in [-0.2, 0) is 0 Å². The first kappa shape index (κ1) is 2.91. The molecule has 1 fully saturated rings. The van der Waals surface area contributed by atoms with Crippen LogP contribution >= 0.6 is 24.4 Å². The third-order valence-corrected chi connectivity index (χ3v) is 1.84. The summed E-state index contributed by atoms with van der Waals surface area (Å²) in [6.45, 7) is 0. The molecule has 0 nitrogen and oxygen atoms in total. The molecule has 0 bridgehead atoms. The lowest BCUT2D eigenvalue weighted by Gasteiger charge is -1.51. The lowest BCUT2D eigenvalue weighted by Crippen LogP contribution is -1.49. The summed E-state index contributed by atoms with van der Waals surface area (Å²) in [6, 6.07) is 0. The average molecular weight is 92.2 g/mol. The number of hydrogen-bond acceptors (Lipinski definition) is 2. The van der Waals surface area contributed by atoms with Crippen molar-refractivity contribution >= 4 is 24.4 Å². The van der Waals surface area contributed by atoms with Crippen molar-refractivity contribution in [1.82, 2.24) is 0 Å². The Morgan fingerprint density at radius 2 is 2.25 bits per heavy atom. The Labute approximate surface area is 35.4 Å². The maximum atomic E-state index is 4.04. The third kappa shape index (κ3) is 0.570. The molecule has 0 aromatic rings. The summed E-state index contributed by atoms with van der Waals surface area (Å²) in [4.78, 5) is 0. The Morgan fingerprint density at radius 1 is 2.00 bits per heavy atom. The van der Waals surface area contributed by atoms with E-state index in [0.717, 1.165) is 0 Å². The Bertz CT molecular complexity index is 23.2. The Balaban J connectivity index is 2.17. The van der Waals surface area contributed by atoms with Crippen LogP contribution in [0.15, 0.2) is 0 Å². The molecule has 1 saturated heterocycles. The molecule has 1 heterocycles. The second kappa shape index (κ2) is 0.830. The number of hydrogen-bond donors (Lipinski definition) is 1. The van der Waals surface area contributed by atoms with Crippen molar-refractivity contribution in [3.63, 3.8) is 0 Å². The second-order valence-corrected chi connectivity index (χ2v) is 3.00. The van der Waals surface area contributed by atoms with Gasteiger partial charge in [-0.25, -0.2) is 0 Å². The van der Waals surface area contributed by atoms with E-state index in [1.54, 1.807) is 0 Å². The molecule has 0 aromatic heterocycles. The van der Waals surface area contributed by atoms with Crippen LogP contribution in [0.25, 0.3) is 0 Å². The highest BCUT2D eigenvalue weighted by molar-refractivity contribution is 8.17. The zero-order valence-corrected chi connectivity index (χ0v) is 3.85. The van der Waals surface area contributed by atoms with Crippen LogP contribution in [0.2, 0.25) is 0 Å². The molecule has 0 radical (unpaired) electrons. The van der Waals surface area contributed by atoms with Crippen LogP contribution in [-0.4, -0.2) is 10.3 Å². The maximum absolute atomic E-state index is 4.04. The molecule has 1 unspecified atom stereocenters. The van der Waals surface area contributed by atoms with E-state index < -0.39 is 0 Å². The number of thioether (sulfide) groups is 1. The van der Waals surface area contributed by atoms with Gasteiger partial charge >= 0.3 is 0 Å². The summed E-state index contributed by atoms with van der Waals surface area (Å²) in [5.74, 6) is 1.27. The molecule has 0 N–H and O–H groups in total. The summed E-state index contributed by atoms with van der Waals surface area (Å²) in [5.41, 5.74) is 0. The lowest BCUT2D eigenvalue weighted by atomic mass is 11.0. The van der Waals surface area contributed by atoms with E-state index in [4.69, 9.17) is 0 Å². The summed E-state index contributed by atoms with van der Waals surface area (Å²) in [7, 11) is 0. The fraction of sp³-hybridized carbons (Fsp3) is 1.00. The molecule has 0 saturated carbocycles. The molecule has 1 aliphatic rings. The molecule has 1 atom stereocenters. The van der Waals surface area contributed by atoms with Crippen molar-refractivity contribution in [3.05, 3.63) is 0 Å². The predicted molar refractivity (Wildman–Crippen MR) is 25.2 cm³/mol. The Morgan fingerprint density at radius 3 is 2.25 bits per heavy atom. The quantitative estimate of drug-likeness (QED) is 0.343. The fourth-order valence-corrected chi connectivity index (χ4v) is 0.387. The van der Waals surface area contributed by atoms with Crippen molar-refractivity contribution < 1.29 is 0 Å². The first-order chi connectivity index (χ1) is 1.89. The standard InChI is InChI=1S/C2H4S2/c3-2-1-4-2/h2-3H,1H2. The monoisotopic (exact) mass is 92.0 g/mol. The summed E-state index contributed by atoms with van der Waals surface area (Å²) in [5, 5.41) is 0. The molecule has 24 valence electrons. The van der Waals surface area contributed by atoms with Crippen molar-refractivity contribution in [2.75, 3.05) is 5.75 Å². The van der Waals surface area contributed by atoms with Crippen LogP contribution in [0.5, 0.6) is 0 Å². The van der Waals surface area contributed by atoms with E-state index in [2.05, 4.69) is 12.6 Å². The van der Waals surface area contributed by atoms with Gasteiger partial charge in [0.05, 0.1) is 4.58 Å². The fourth-order valence-electron chi connectivity index (χ4n) is 0.0430. The summed E-state index contributed by atoms with van der Waals surface area (Å²) < 4.78 is 0.694. The smallest absolute Gasteiger partial charge is 0.0563 e. The molecule has 1 rings (SSSR count). The van der Waals surface area contributed by atoms with E-state index in [9.17, 15) is 0 Å². The largest absolute Gasteiger partial charge is 0.164 e. The molecule has 0 aromatic carbocycles. The SMILES string of the molecule is SC1CS1. The van der Waals surface area contributed by atoms with E-state index in [1.165, 1.54) is 5.75 Å².